The largest absolute Gasteiger partial charge is 0.212 e. The van der Waals surface area contributed by atoms with E-state index in [1.807, 2.05) is 43.3 Å². The molecule has 0 N–H and O–H groups in total. The first-order chi connectivity index (χ1) is 14.8. The van der Waals surface area contributed by atoms with Gasteiger partial charge in [0.1, 0.15) is 7.05 Å². The summed E-state index contributed by atoms with van der Waals surface area (Å²) < 4.78 is 26.6. The van der Waals surface area contributed by atoms with Crippen molar-refractivity contribution < 1.29 is 8.68 Å². The van der Waals surface area contributed by atoms with Gasteiger partial charge in [-0.2, -0.15) is 0 Å². The molecule has 1 nitrogen and oxygen atoms in total. The van der Waals surface area contributed by atoms with Crippen LogP contribution in [0.2, 0.25) is 0 Å². The van der Waals surface area contributed by atoms with Gasteiger partial charge >= 0.3 is 0 Å². The maximum absolute atomic E-state index is 8.13. The Labute approximate surface area is 180 Å². The third kappa shape index (κ3) is 3.41. The van der Waals surface area contributed by atoms with Crippen molar-refractivity contribution in [1.82, 2.24) is 0 Å². The van der Waals surface area contributed by atoms with Gasteiger partial charge < -0.3 is 0 Å². The van der Waals surface area contributed by atoms with Crippen LogP contribution in [0, 0.1) is 13.8 Å². The zero-order valence-electron chi connectivity index (χ0n) is 21.6. The Balaban J connectivity index is 1.99. The van der Waals surface area contributed by atoms with Gasteiger partial charge in [0, 0.05) is 21.3 Å². The van der Waals surface area contributed by atoms with Gasteiger partial charge in [0.2, 0.25) is 5.69 Å². The van der Waals surface area contributed by atoms with Crippen LogP contribution < -0.4 is 4.57 Å². The highest BCUT2D eigenvalue weighted by Gasteiger charge is 2.39. The molecule has 0 atom stereocenters. The smallest absolute Gasteiger partial charge is 0.201 e. The van der Waals surface area contributed by atoms with E-state index in [2.05, 4.69) is 57.6 Å². The molecule has 0 radical (unpaired) electrons. The molecule has 1 heteroatoms. The molecule has 3 aromatic rings. The molecule has 1 aliphatic carbocycles. The predicted molar refractivity (Wildman–Crippen MR) is 123 cm³/mol. The molecule has 0 amide bonds. The maximum atomic E-state index is 8.13. The summed E-state index contributed by atoms with van der Waals surface area (Å²) in [6.45, 7) is 9.21. The number of rotatable bonds is 2. The fourth-order valence-electron chi connectivity index (χ4n) is 4.75. The molecular formula is C28H34N+. The molecule has 0 unspecified atom stereocenters. The van der Waals surface area contributed by atoms with Gasteiger partial charge in [0.05, 0.1) is 0 Å². The fraction of sp³-hybridized carbons (Fsp3) is 0.393. The van der Waals surface area contributed by atoms with Crippen LogP contribution in [-0.4, -0.2) is 0 Å². The van der Waals surface area contributed by atoms with Gasteiger partial charge in [-0.3, -0.25) is 0 Å². The summed E-state index contributed by atoms with van der Waals surface area (Å²) in [7, 11) is 2.10. The van der Waals surface area contributed by atoms with Crippen molar-refractivity contribution in [3.8, 4) is 22.4 Å². The average Bonchev–Trinajstić information content (AvgIpc) is 2.71. The van der Waals surface area contributed by atoms with E-state index in [0.717, 1.165) is 34.4 Å². The lowest BCUT2D eigenvalue weighted by atomic mass is 9.63. The molecule has 4 rings (SSSR count). The zero-order chi connectivity index (χ0) is 23.5. The monoisotopic (exact) mass is 387 g/mol. The molecular weight excluding hydrogens is 350 g/mol. The third-order valence-electron chi connectivity index (χ3n) is 6.83. The SMILES string of the molecule is [2H]C([2H])([2H])c1cc(C)c(-c2cc3c(c[n+]2C)C(C)(C)CCC3(C)C)cc1-c1ccccc1. The van der Waals surface area contributed by atoms with Crippen molar-refractivity contribution in [2.24, 2.45) is 7.05 Å². The second-order valence-corrected chi connectivity index (χ2v) is 9.94. The molecule has 0 saturated heterocycles. The van der Waals surface area contributed by atoms with Gasteiger partial charge in [0.25, 0.3) is 0 Å². The minimum Gasteiger partial charge on any atom is -0.201 e. The van der Waals surface area contributed by atoms with Crippen molar-refractivity contribution in [2.75, 3.05) is 0 Å². The quantitative estimate of drug-likeness (QED) is 0.425. The Bertz CT molecular complexity index is 1170. The molecule has 0 bridgehead atoms. The fourth-order valence-corrected chi connectivity index (χ4v) is 4.75. The standard InChI is InChI=1S/C28H34N/c1-19-15-20(2)23(16-22(19)21-11-9-8-10-12-21)26-17-24-25(18-29(26)7)28(5,6)14-13-27(24,3)4/h8-12,15-18H,13-14H2,1-7H3/q+1/i1D3. The Kier molecular flexibility index (Phi) is 3.86. The summed E-state index contributed by atoms with van der Waals surface area (Å²) in [6, 6.07) is 16.1. The van der Waals surface area contributed by atoms with Crippen LogP contribution >= 0.6 is 0 Å². The van der Waals surface area contributed by atoms with Gasteiger partial charge in [-0.1, -0.05) is 64.1 Å². The van der Waals surface area contributed by atoms with Crippen molar-refractivity contribution in [3.05, 3.63) is 77.0 Å². The second kappa shape index (κ2) is 6.83. The molecule has 0 aliphatic heterocycles. The number of hydrogen-bond acceptors (Lipinski definition) is 0. The molecule has 1 heterocycles. The van der Waals surface area contributed by atoms with Crippen LogP contribution in [0.4, 0.5) is 0 Å². The van der Waals surface area contributed by atoms with E-state index in [1.54, 1.807) is 0 Å². The van der Waals surface area contributed by atoms with Gasteiger partial charge in [-0.25, -0.2) is 4.57 Å². The van der Waals surface area contributed by atoms with Crippen LogP contribution in [0.5, 0.6) is 0 Å². The van der Waals surface area contributed by atoms with Crippen LogP contribution in [-0.2, 0) is 17.9 Å². The minimum atomic E-state index is -2.17. The molecule has 29 heavy (non-hydrogen) atoms. The summed E-state index contributed by atoms with van der Waals surface area (Å²) >= 11 is 0. The first-order valence-electron chi connectivity index (χ1n) is 12.1. The summed E-state index contributed by atoms with van der Waals surface area (Å²) in [6.07, 6.45) is 4.63. The molecule has 1 aliphatic rings. The third-order valence-corrected chi connectivity index (χ3v) is 6.83. The summed E-state index contributed by atoms with van der Waals surface area (Å²) in [5, 5.41) is 0. The first kappa shape index (κ1) is 16.4. The number of nitrogens with zero attached hydrogens (tertiary/aromatic N) is 1. The van der Waals surface area contributed by atoms with Gasteiger partial charge in [-0.05, 0) is 71.3 Å². The topological polar surface area (TPSA) is 3.88 Å². The zero-order valence-corrected chi connectivity index (χ0v) is 18.6. The maximum Gasteiger partial charge on any atom is 0.212 e. The highest BCUT2D eigenvalue weighted by Crippen LogP contribution is 2.46. The summed E-state index contributed by atoms with van der Waals surface area (Å²) in [5.74, 6) is 0. The lowest BCUT2D eigenvalue weighted by molar-refractivity contribution is -0.661. The van der Waals surface area contributed by atoms with Gasteiger partial charge in [-0.15, -0.1) is 0 Å². The van der Waals surface area contributed by atoms with E-state index in [1.165, 1.54) is 17.5 Å². The second-order valence-electron chi connectivity index (χ2n) is 9.94. The Hall–Kier alpha value is -2.41. The van der Waals surface area contributed by atoms with E-state index in [-0.39, 0.29) is 10.8 Å². The van der Waals surface area contributed by atoms with Crippen molar-refractivity contribution in [1.29, 1.82) is 0 Å². The van der Waals surface area contributed by atoms with Crippen LogP contribution in [0.15, 0.2) is 54.7 Å². The van der Waals surface area contributed by atoms with Crippen LogP contribution in [0.1, 0.15) is 66.9 Å². The molecule has 1 aromatic heterocycles. The Morgan fingerprint density at radius 3 is 2.14 bits per heavy atom. The molecule has 0 saturated carbocycles. The lowest BCUT2D eigenvalue weighted by Crippen LogP contribution is -2.40. The predicted octanol–water partition coefficient (Wildman–Crippen LogP) is 6.81. The molecule has 150 valence electrons. The number of aryl methyl sites for hydroxylation is 3. The highest BCUT2D eigenvalue weighted by molar-refractivity contribution is 5.76. The number of pyridine rings is 1. The summed E-state index contributed by atoms with van der Waals surface area (Å²) in [4.78, 5) is 0. The van der Waals surface area contributed by atoms with E-state index in [0.29, 0.717) is 5.56 Å². The summed E-state index contributed by atoms with van der Waals surface area (Å²) in [5.41, 5.74) is 8.40. The lowest BCUT2D eigenvalue weighted by Gasteiger charge is -2.40. The normalized spacial score (nSPS) is 19.0. The average molecular weight is 388 g/mol. The van der Waals surface area contributed by atoms with Crippen molar-refractivity contribution in [3.63, 3.8) is 0 Å². The number of aromatic nitrogens is 1. The number of fused-ring (bicyclic) bond motifs is 1. The van der Waals surface area contributed by atoms with Gasteiger partial charge in [0.15, 0.2) is 6.20 Å². The Morgan fingerprint density at radius 1 is 0.828 bits per heavy atom. The van der Waals surface area contributed by atoms with E-state index in [9.17, 15) is 0 Å². The molecule has 2 aromatic carbocycles. The first-order valence-corrected chi connectivity index (χ1v) is 10.6. The molecule has 0 fully saturated rings. The highest BCUT2D eigenvalue weighted by atomic mass is 14.9. The number of benzene rings is 2. The van der Waals surface area contributed by atoms with Crippen molar-refractivity contribution in [2.45, 2.75) is 65.1 Å². The van der Waals surface area contributed by atoms with Crippen LogP contribution in [0.3, 0.4) is 0 Å². The van der Waals surface area contributed by atoms with E-state index in [4.69, 9.17) is 4.11 Å². The van der Waals surface area contributed by atoms with E-state index < -0.39 is 6.85 Å². The minimum absolute atomic E-state index is 0.114. The van der Waals surface area contributed by atoms with Crippen molar-refractivity contribution >= 4 is 0 Å². The van der Waals surface area contributed by atoms with Crippen LogP contribution in [0.25, 0.3) is 22.4 Å². The Morgan fingerprint density at radius 2 is 1.48 bits per heavy atom. The molecule has 0 spiro atoms. The number of hydrogen-bond donors (Lipinski definition) is 0. The van der Waals surface area contributed by atoms with E-state index >= 15 is 0 Å².